The minimum absolute atomic E-state index is 0.0973. The van der Waals surface area contributed by atoms with Gasteiger partial charge in [0.25, 0.3) is 0 Å². The molecule has 3 atom stereocenters. The Labute approximate surface area is 99.7 Å². The first-order chi connectivity index (χ1) is 7.77. The summed E-state index contributed by atoms with van der Waals surface area (Å²) >= 11 is 0. The summed E-state index contributed by atoms with van der Waals surface area (Å²) in [5, 5.41) is 9.85. The van der Waals surface area contributed by atoms with E-state index in [4.69, 9.17) is 4.74 Å². The van der Waals surface area contributed by atoms with Crippen LogP contribution in [0.4, 0.5) is 0 Å². The van der Waals surface area contributed by atoms with Crippen LogP contribution in [0.25, 0.3) is 0 Å². The first-order valence-electron chi connectivity index (χ1n) is 6.76. The summed E-state index contributed by atoms with van der Waals surface area (Å²) in [6.45, 7) is 4.32. The quantitative estimate of drug-likeness (QED) is 0.674. The SMILES string of the molecule is CCC=CCC[C@@H]1C[C@H](O)[C@H](CCCC)O1. The van der Waals surface area contributed by atoms with Crippen molar-refractivity contribution in [1.29, 1.82) is 0 Å². The molecule has 1 heterocycles. The van der Waals surface area contributed by atoms with E-state index in [1.165, 1.54) is 6.42 Å². The van der Waals surface area contributed by atoms with Crippen LogP contribution < -0.4 is 0 Å². The minimum atomic E-state index is -0.230. The first-order valence-corrected chi connectivity index (χ1v) is 6.76. The summed E-state index contributed by atoms with van der Waals surface area (Å²) in [5.41, 5.74) is 0. The molecular weight excluding hydrogens is 200 g/mol. The zero-order valence-corrected chi connectivity index (χ0v) is 10.7. The highest BCUT2D eigenvalue weighted by atomic mass is 16.5. The Bertz CT molecular complexity index is 201. The maximum atomic E-state index is 9.85. The monoisotopic (exact) mass is 226 g/mol. The average molecular weight is 226 g/mol. The Hall–Kier alpha value is -0.340. The van der Waals surface area contributed by atoms with Crippen LogP contribution in [0.2, 0.25) is 0 Å². The zero-order chi connectivity index (χ0) is 11.8. The highest BCUT2D eigenvalue weighted by molar-refractivity contribution is 4.86. The topological polar surface area (TPSA) is 29.5 Å². The number of unbranched alkanes of at least 4 members (excludes halogenated alkanes) is 1. The first kappa shape index (κ1) is 13.7. The van der Waals surface area contributed by atoms with Crippen LogP contribution in [0.5, 0.6) is 0 Å². The normalized spacial score (nSPS) is 30.3. The lowest BCUT2D eigenvalue weighted by Gasteiger charge is -2.13. The van der Waals surface area contributed by atoms with Gasteiger partial charge < -0.3 is 9.84 Å². The predicted octanol–water partition coefficient (Wildman–Crippen LogP) is 3.44. The number of aliphatic hydroxyl groups excluding tert-OH is 1. The van der Waals surface area contributed by atoms with Crippen LogP contribution >= 0.6 is 0 Å². The molecule has 0 bridgehead atoms. The summed E-state index contributed by atoms with van der Waals surface area (Å²) in [7, 11) is 0. The van der Waals surface area contributed by atoms with E-state index < -0.39 is 0 Å². The van der Waals surface area contributed by atoms with Gasteiger partial charge in [0, 0.05) is 6.42 Å². The Morgan fingerprint density at radius 3 is 2.75 bits per heavy atom. The van der Waals surface area contributed by atoms with Crippen LogP contribution in [-0.2, 0) is 4.74 Å². The van der Waals surface area contributed by atoms with Crippen LogP contribution in [0.3, 0.4) is 0 Å². The smallest absolute Gasteiger partial charge is 0.0838 e. The van der Waals surface area contributed by atoms with Crippen molar-refractivity contribution in [3.63, 3.8) is 0 Å². The fraction of sp³-hybridized carbons (Fsp3) is 0.857. The Kier molecular flexibility index (Phi) is 6.74. The van der Waals surface area contributed by atoms with E-state index >= 15 is 0 Å². The number of hydrogen-bond donors (Lipinski definition) is 1. The van der Waals surface area contributed by atoms with E-state index in [9.17, 15) is 5.11 Å². The van der Waals surface area contributed by atoms with Crippen molar-refractivity contribution in [3.05, 3.63) is 12.2 Å². The summed E-state index contributed by atoms with van der Waals surface area (Å²) in [5.74, 6) is 0. The zero-order valence-electron chi connectivity index (χ0n) is 10.7. The molecule has 2 heteroatoms. The third kappa shape index (κ3) is 4.67. The van der Waals surface area contributed by atoms with E-state index in [2.05, 4.69) is 26.0 Å². The molecule has 0 aliphatic carbocycles. The largest absolute Gasteiger partial charge is 0.390 e. The van der Waals surface area contributed by atoms with Crippen LogP contribution in [0.1, 0.15) is 58.8 Å². The van der Waals surface area contributed by atoms with Crippen LogP contribution in [0.15, 0.2) is 12.2 Å². The third-order valence-corrected chi connectivity index (χ3v) is 3.20. The van der Waals surface area contributed by atoms with Gasteiger partial charge in [0.2, 0.25) is 0 Å². The van der Waals surface area contributed by atoms with Gasteiger partial charge in [-0.25, -0.2) is 0 Å². The fourth-order valence-electron chi connectivity index (χ4n) is 2.23. The molecule has 0 spiro atoms. The third-order valence-electron chi connectivity index (χ3n) is 3.20. The lowest BCUT2D eigenvalue weighted by atomic mass is 10.0. The molecule has 0 aromatic rings. The van der Waals surface area contributed by atoms with Crippen molar-refractivity contribution in [3.8, 4) is 0 Å². The molecule has 0 unspecified atom stereocenters. The van der Waals surface area contributed by atoms with Crippen molar-refractivity contribution >= 4 is 0 Å². The molecule has 1 aliphatic rings. The number of allylic oxidation sites excluding steroid dienone is 2. The van der Waals surface area contributed by atoms with Crippen molar-refractivity contribution < 1.29 is 9.84 Å². The van der Waals surface area contributed by atoms with Crippen molar-refractivity contribution in [1.82, 2.24) is 0 Å². The second-order valence-corrected chi connectivity index (χ2v) is 4.70. The van der Waals surface area contributed by atoms with E-state index in [-0.39, 0.29) is 18.3 Å². The van der Waals surface area contributed by atoms with E-state index in [1.54, 1.807) is 0 Å². The van der Waals surface area contributed by atoms with Gasteiger partial charge in [0.1, 0.15) is 0 Å². The van der Waals surface area contributed by atoms with Gasteiger partial charge in [-0.1, -0.05) is 38.8 Å². The molecule has 94 valence electrons. The Morgan fingerprint density at radius 2 is 2.06 bits per heavy atom. The number of hydrogen-bond acceptors (Lipinski definition) is 2. The number of aliphatic hydroxyl groups is 1. The van der Waals surface area contributed by atoms with Gasteiger partial charge >= 0.3 is 0 Å². The summed E-state index contributed by atoms with van der Waals surface area (Å²) in [6, 6.07) is 0. The molecule has 1 fully saturated rings. The summed E-state index contributed by atoms with van der Waals surface area (Å²) in [6.07, 6.45) is 12.0. The molecule has 1 N–H and O–H groups in total. The Morgan fingerprint density at radius 1 is 1.25 bits per heavy atom. The van der Waals surface area contributed by atoms with Gasteiger partial charge in [0.15, 0.2) is 0 Å². The highest BCUT2D eigenvalue weighted by Gasteiger charge is 2.32. The summed E-state index contributed by atoms with van der Waals surface area (Å²) < 4.78 is 5.87. The fourth-order valence-corrected chi connectivity index (χ4v) is 2.23. The maximum Gasteiger partial charge on any atom is 0.0838 e. The molecule has 0 aromatic heterocycles. The lowest BCUT2D eigenvalue weighted by Crippen LogP contribution is -2.20. The van der Waals surface area contributed by atoms with Gasteiger partial charge in [0.05, 0.1) is 18.3 Å². The minimum Gasteiger partial charge on any atom is -0.390 e. The number of rotatable bonds is 7. The molecule has 1 saturated heterocycles. The molecular formula is C14H26O2. The van der Waals surface area contributed by atoms with Gasteiger partial charge in [-0.3, -0.25) is 0 Å². The Balaban J connectivity index is 2.19. The maximum absolute atomic E-state index is 9.85. The van der Waals surface area contributed by atoms with E-state index in [1.807, 2.05) is 0 Å². The van der Waals surface area contributed by atoms with Gasteiger partial charge in [-0.05, 0) is 25.7 Å². The molecule has 0 aromatic carbocycles. The van der Waals surface area contributed by atoms with Crippen molar-refractivity contribution in [2.45, 2.75) is 77.1 Å². The van der Waals surface area contributed by atoms with Crippen LogP contribution in [0, 0.1) is 0 Å². The van der Waals surface area contributed by atoms with E-state index in [0.29, 0.717) is 0 Å². The predicted molar refractivity (Wildman–Crippen MR) is 67.5 cm³/mol. The molecule has 16 heavy (non-hydrogen) atoms. The molecule has 0 saturated carbocycles. The van der Waals surface area contributed by atoms with Crippen molar-refractivity contribution in [2.24, 2.45) is 0 Å². The molecule has 1 rings (SSSR count). The molecule has 0 amide bonds. The molecule has 1 aliphatic heterocycles. The lowest BCUT2D eigenvalue weighted by molar-refractivity contribution is 0.00229. The molecule has 0 radical (unpaired) electrons. The molecule has 2 nitrogen and oxygen atoms in total. The van der Waals surface area contributed by atoms with Crippen LogP contribution in [-0.4, -0.2) is 23.4 Å². The summed E-state index contributed by atoms with van der Waals surface area (Å²) in [4.78, 5) is 0. The highest BCUT2D eigenvalue weighted by Crippen LogP contribution is 2.27. The second-order valence-electron chi connectivity index (χ2n) is 4.70. The van der Waals surface area contributed by atoms with Gasteiger partial charge in [-0.2, -0.15) is 0 Å². The van der Waals surface area contributed by atoms with E-state index in [0.717, 1.165) is 38.5 Å². The second kappa shape index (κ2) is 7.86. The van der Waals surface area contributed by atoms with Crippen molar-refractivity contribution in [2.75, 3.05) is 0 Å². The average Bonchev–Trinajstić information content (AvgIpc) is 2.63. The van der Waals surface area contributed by atoms with Gasteiger partial charge in [-0.15, -0.1) is 0 Å². The number of ether oxygens (including phenoxy) is 1. The standard InChI is InChI=1S/C14H26O2/c1-3-5-7-8-9-12-11-13(15)14(16-12)10-6-4-2/h5,7,12-15H,3-4,6,8-11H2,1-2H3/t12-,13+,14+/m1/s1.